The summed E-state index contributed by atoms with van der Waals surface area (Å²) < 4.78 is 1.04. The van der Waals surface area contributed by atoms with E-state index in [2.05, 4.69) is 21.2 Å². The van der Waals surface area contributed by atoms with Crippen molar-refractivity contribution in [1.29, 1.82) is 0 Å². The summed E-state index contributed by atoms with van der Waals surface area (Å²) in [5, 5.41) is 2.74. The van der Waals surface area contributed by atoms with E-state index in [-0.39, 0.29) is 6.03 Å². The second kappa shape index (κ2) is 7.12. The van der Waals surface area contributed by atoms with Gasteiger partial charge in [-0.2, -0.15) is 0 Å². The number of halogens is 1. The fraction of sp³-hybridized carbons (Fsp3) is 0.308. The van der Waals surface area contributed by atoms with E-state index in [0.717, 1.165) is 10.0 Å². The molecule has 92 valence electrons. The summed E-state index contributed by atoms with van der Waals surface area (Å²) in [5.41, 5.74) is 1.05. The lowest BCUT2D eigenvalue weighted by atomic mass is 10.2. The lowest BCUT2D eigenvalue weighted by Gasteiger charge is -2.17. The van der Waals surface area contributed by atoms with Gasteiger partial charge in [0.05, 0.1) is 0 Å². The van der Waals surface area contributed by atoms with Gasteiger partial charge in [-0.3, -0.25) is 0 Å². The minimum absolute atomic E-state index is 0.0663. The molecule has 0 saturated carbocycles. The molecule has 0 aliphatic rings. The van der Waals surface area contributed by atoms with Crippen molar-refractivity contribution in [2.75, 3.05) is 13.1 Å². The van der Waals surface area contributed by atoms with Crippen LogP contribution in [0.5, 0.6) is 0 Å². The molecule has 1 N–H and O–H groups in total. The molecule has 0 atom stereocenters. The first kappa shape index (κ1) is 13.8. The van der Waals surface area contributed by atoms with Gasteiger partial charge in [0, 0.05) is 23.8 Å². The fourth-order valence-electron chi connectivity index (χ4n) is 1.39. The van der Waals surface area contributed by atoms with Gasteiger partial charge in [0.2, 0.25) is 0 Å². The van der Waals surface area contributed by atoms with Crippen LogP contribution >= 0.6 is 15.9 Å². The zero-order chi connectivity index (χ0) is 12.7. The molecule has 0 aliphatic heterocycles. The van der Waals surface area contributed by atoms with E-state index < -0.39 is 0 Å². The smallest absolute Gasteiger partial charge is 0.321 e. The van der Waals surface area contributed by atoms with Gasteiger partial charge in [0.25, 0.3) is 0 Å². The summed E-state index contributed by atoms with van der Waals surface area (Å²) in [6, 6.07) is 7.81. The summed E-state index contributed by atoms with van der Waals surface area (Å²) in [6.07, 6.45) is 3.54. The lowest BCUT2D eigenvalue weighted by Crippen LogP contribution is -2.37. The number of carbonyl (C=O) groups is 1. The van der Waals surface area contributed by atoms with Crippen molar-refractivity contribution in [3.8, 4) is 0 Å². The monoisotopic (exact) mass is 296 g/mol. The van der Waals surface area contributed by atoms with E-state index >= 15 is 0 Å². The average Bonchev–Trinajstić information content (AvgIpc) is 2.33. The number of rotatable bonds is 4. The second-order valence-electron chi connectivity index (χ2n) is 3.51. The number of amides is 2. The first-order valence-electron chi connectivity index (χ1n) is 5.65. The maximum absolute atomic E-state index is 11.6. The average molecular weight is 297 g/mol. The van der Waals surface area contributed by atoms with E-state index in [0.29, 0.717) is 13.1 Å². The summed E-state index contributed by atoms with van der Waals surface area (Å²) in [5.74, 6) is 0. The van der Waals surface area contributed by atoms with Gasteiger partial charge in [-0.15, -0.1) is 0 Å². The van der Waals surface area contributed by atoms with Crippen molar-refractivity contribution in [2.45, 2.75) is 13.8 Å². The van der Waals surface area contributed by atoms with E-state index in [1.54, 1.807) is 11.1 Å². The first-order valence-corrected chi connectivity index (χ1v) is 6.44. The molecule has 4 heteroatoms. The van der Waals surface area contributed by atoms with Gasteiger partial charge in [-0.05, 0) is 37.6 Å². The third-order valence-electron chi connectivity index (χ3n) is 2.40. The minimum atomic E-state index is -0.0663. The van der Waals surface area contributed by atoms with Crippen LogP contribution in [0.4, 0.5) is 4.79 Å². The molecular formula is C13H17BrN2O. The SMILES string of the molecule is CCN(CC)C(=O)N/C=C/c1ccc(Br)cc1. The van der Waals surface area contributed by atoms with Crippen LogP contribution < -0.4 is 5.32 Å². The van der Waals surface area contributed by atoms with E-state index in [4.69, 9.17) is 0 Å². The Balaban J connectivity index is 2.50. The summed E-state index contributed by atoms with van der Waals surface area (Å²) in [6.45, 7) is 5.35. The molecule has 0 unspecified atom stereocenters. The predicted molar refractivity (Wildman–Crippen MR) is 74.6 cm³/mol. The van der Waals surface area contributed by atoms with Crippen molar-refractivity contribution in [1.82, 2.24) is 10.2 Å². The molecule has 0 heterocycles. The number of nitrogens with one attached hydrogen (secondary N) is 1. The lowest BCUT2D eigenvalue weighted by molar-refractivity contribution is 0.207. The van der Waals surface area contributed by atoms with Crippen LogP contribution in [-0.4, -0.2) is 24.0 Å². The summed E-state index contributed by atoms with van der Waals surface area (Å²) in [7, 11) is 0. The molecule has 1 aromatic carbocycles. The molecule has 3 nitrogen and oxygen atoms in total. The Morgan fingerprint density at radius 1 is 1.29 bits per heavy atom. The topological polar surface area (TPSA) is 32.3 Å². The van der Waals surface area contributed by atoms with Crippen molar-refractivity contribution in [2.24, 2.45) is 0 Å². The van der Waals surface area contributed by atoms with Gasteiger partial charge in [0.1, 0.15) is 0 Å². The Hall–Kier alpha value is -1.29. The Bertz CT molecular complexity index is 383. The number of urea groups is 1. The van der Waals surface area contributed by atoms with Crippen molar-refractivity contribution in [3.63, 3.8) is 0 Å². The number of carbonyl (C=O) groups excluding carboxylic acids is 1. The molecule has 0 aromatic heterocycles. The normalized spacial score (nSPS) is 10.5. The highest BCUT2D eigenvalue weighted by Crippen LogP contribution is 2.11. The number of hydrogen-bond acceptors (Lipinski definition) is 1. The molecule has 0 saturated heterocycles. The van der Waals surface area contributed by atoms with Gasteiger partial charge in [-0.25, -0.2) is 4.79 Å². The van der Waals surface area contributed by atoms with Crippen LogP contribution in [0.25, 0.3) is 6.08 Å². The molecule has 0 aliphatic carbocycles. The van der Waals surface area contributed by atoms with Crippen molar-refractivity contribution < 1.29 is 4.79 Å². The molecule has 0 spiro atoms. The highest BCUT2D eigenvalue weighted by molar-refractivity contribution is 9.10. The molecule has 17 heavy (non-hydrogen) atoms. The zero-order valence-corrected chi connectivity index (χ0v) is 11.7. The molecule has 1 rings (SSSR count). The summed E-state index contributed by atoms with van der Waals surface area (Å²) in [4.78, 5) is 13.3. The van der Waals surface area contributed by atoms with Gasteiger partial charge in [-0.1, -0.05) is 28.1 Å². The third-order valence-corrected chi connectivity index (χ3v) is 2.93. The van der Waals surface area contributed by atoms with Gasteiger partial charge in [0.15, 0.2) is 0 Å². The number of hydrogen-bond donors (Lipinski definition) is 1. The minimum Gasteiger partial charge on any atom is -0.325 e. The molecular weight excluding hydrogens is 280 g/mol. The highest BCUT2D eigenvalue weighted by Gasteiger charge is 2.05. The molecule has 0 fully saturated rings. The van der Waals surface area contributed by atoms with Crippen molar-refractivity contribution >= 4 is 28.0 Å². The maximum Gasteiger partial charge on any atom is 0.321 e. The zero-order valence-electron chi connectivity index (χ0n) is 10.1. The van der Waals surface area contributed by atoms with Crippen LogP contribution in [0.3, 0.4) is 0 Å². The molecule has 1 aromatic rings. The molecule has 2 amide bonds. The van der Waals surface area contributed by atoms with Crippen LogP contribution in [0.1, 0.15) is 19.4 Å². The summed E-state index contributed by atoms with van der Waals surface area (Å²) >= 11 is 3.37. The fourth-order valence-corrected chi connectivity index (χ4v) is 1.65. The highest BCUT2D eigenvalue weighted by atomic mass is 79.9. The Kier molecular flexibility index (Phi) is 5.77. The number of nitrogens with zero attached hydrogens (tertiary/aromatic N) is 1. The van der Waals surface area contributed by atoms with Crippen LogP contribution in [-0.2, 0) is 0 Å². The first-order chi connectivity index (χ1) is 8.17. The standard InChI is InChI=1S/C13H17BrN2O/c1-3-16(4-2)13(17)15-10-9-11-5-7-12(14)8-6-11/h5-10H,3-4H2,1-2H3,(H,15,17)/b10-9+. The predicted octanol–water partition coefficient (Wildman–Crippen LogP) is 3.47. The van der Waals surface area contributed by atoms with E-state index in [9.17, 15) is 4.79 Å². The van der Waals surface area contributed by atoms with E-state index in [1.807, 2.05) is 44.2 Å². The Morgan fingerprint density at radius 3 is 2.41 bits per heavy atom. The van der Waals surface area contributed by atoms with E-state index in [1.165, 1.54) is 0 Å². The maximum atomic E-state index is 11.6. The third kappa shape index (κ3) is 4.61. The second-order valence-corrected chi connectivity index (χ2v) is 4.42. The molecule has 0 radical (unpaired) electrons. The van der Waals surface area contributed by atoms with Crippen molar-refractivity contribution in [3.05, 3.63) is 40.5 Å². The number of benzene rings is 1. The largest absolute Gasteiger partial charge is 0.325 e. The van der Waals surface area contributed by atoms with Gasteiger partial charge < -0.3 is 10.2 Å². The Morgan fingerprint density at radius 2 is 1.88 bits per heavy atom. The van der Waals surface area contributed by atoms with Crippen LogP contribution in [0.15, 0.2) is 34.9 Å². The Labute approximate surface area is 111 Å². The quantitative estimate of drug-likeness (QED) is 0.906. The molecule has 0 bridgehead atoms. The van der Waals surface area contributed by atoms with Crippen LogP contribution in [0, 0.1) is 0 Å². The van der Waals surface area contributed by atoms with Crippen LogP contribution in [0.2, 0.25) is 0 Å². The van der Waals surface area contributed by atoms with Gasteiger partial charge >= 0.3 is 6.03 Å².